The molecule has 0 bridgehead atoms. The van der Waals surface area contributed by atoms with Gasteiger partial charge in [0.15, 0.2) is 0 Å². The number of nitrogens with zero attached hydrogens (tertiary/aromatic N) is 1. The third-order valence-corrected chi connectivity index (χ3v) is 4.68. The lowest BCUT2D eigenvalue weighted by Gasteiger charge is -2.24. The van der Waals surface area contributed by atoms with Crippen LogP contribution >= 0.6 is 11.8 Å². The number of likely N-dealkylation sites (N-methyl/N-ethyl adjacent to an activating group) is 1. The predicted molar refractivity (Wildman–Crippen MR) is 72.1 cm³/mol. The van der Waals surface area contributed by atoms with E-state index in [0.29, 0.717) is 0 Å². The van der Waals surface area contributed by atoms with E-state index in [4.69, 9.17) is 0 Å². The average Bonchev–Trinajstić information content (AvgIpc) is 3.02. The minimum Gasteiger partial charge on any atom is -0.353 e. The lowest BCUT2D eigenvalue weighted by Crippen LogP contribution is -2.45. The molecule has 5 heteroatoms. The van der Waals surface area contributed by atoms with Crippen LogP contribution in [0.2, 0.25) is 0 Å². The molecular weight excluding hydrogens is 234 g/mol. The maximum atomic E-state index is 11.7. The van der Waals surface area contributed by atoms with Crippen LogP contribution in [-0.4, -0.2) is 54.7 Å². The van der Waals surface area contributed by atoms with Crippen molar-refractivity contribution in [1.29, 1.82) is 0 Å². The largest absolute Gasteiger partial charge is 0.353 e. The van der Waals surface area contributed by atoms with E-state index in [2.05, 4.69) is 22.6 Å². The first-order valence-corrected chi connectivity index (χ1v) is 7.72. The molecule has 1 saturated carbocycles. The van der Waals surface area contributed by atoms with E-state index in [0.717, 1.165) is 30.8 Å². The highest BCUT2D eigenvalue weighted by Crippen LogP contribution is 2.21. The fraction of sp³-hybridized carbons (Fsp3) is 0.917. The summed E-state index contributed by atoms with van der Waals surface area (Å²) in [6.07, 6.45) is 5.38. The summed E-state index contributed by atoms with van der Waals surface area (Å²) in [6.45, 7) is 1.74. The molecule has 4 nitrogen and oxygen atoms in total. The van der Waals surface area contributed by atoms with Crippen molar-refractivity contribution in [2.24, 2.45) is 0 Å². The number of hydrogen-bond donors (Lipinski definition) is 2. The van der Waals surface area contributed by atoms with E-state index in [1.165, 1.54) is 25.7 Å². The first-order chi connectivity index (χ1) is 8.27. The molecule has 0 spiro atoms. The van der Waals surface area contributed by atoms with Crippen molar-refractivity contribution in [3.63, 3.8) is 0 Å². The van der Waals surface area contributed by atoms with Gasteiger partial charge in [0.1, 0.15) is 0 Å². The standard InChI is InChI=1S/C12H23N3OS/c1-15(10-4-2-3-5-10)7-6-13-12(16)11-8-17-9-14-11/h10-11,14H,2-9H2,1H3,(H,13,16). The van der Waals surface area contributed by atoms with Crippen LogP contribution in [-0.2, 0) is 4.79 Å². The van der Waals surface area contributed by atoms with Gasteiger partial charge in [-0.2, -0.15) is 0 Å². The summed E-state index contributed by atoms with van der Waals surface area (Å²) >= 11 is 1.79. The normalized spacial score (nSPS) is 25.6. The van der Waals surface area contributed by atoms with Crippen molar-refractivity contribution in [3.05, 3.63) is 0 Å². The van der Waals surface area contributed by atoms with Crippen LogP contribution in [0.4, 0.5) is 0 Å². The van der Waals surface area contributed by atoms with Crippen LogP contribution < -0.4 is 10.6 Å². The first kappa shape index (κ1) is 13.2. The third kappa shape index (κ3) is 3.86. The fourth-order valence-corrected chi connectivity index (χ4v) is 3.51. The number of hydrogen-bond acceptors (Lipinski definition) is 4. The lowest BCUT2D eigenvalue weighted by atomic mass is 10.2. The summed E-state index contributed by atoms with van der Waals surface area (Å²) in [6, 6.07) is 0.767. The zero-order valence-electron chi connectivity index (χ0n) is 10.6. The number of nitrogens with one attached hydrogen (secondary N) is 2. The second kappa shape index (κ2) is 6.61. The van der Waals surface area contributed by atoms with Crippen molar-refractivity contribution in [2.45, 2.75) is 37.8 Å². The topological polar surface area (TPSA) is 44.4 Å². The maximum absolute atomic E-state index is 11.7. The van der Waals surface area contributed by atoms with Gasteiger partial charge < -0.3 is 10.2 Å². The second-order valence-electron chi connectivity index (χ2n) is 4.98. The summed E-state index contributed by atoms with van der Waals surface area (Å²) in [5.41, 5.74) is 0. The Kier molecular flexibility index (Phi) is 5.13. The summed E-state index contributed by atoms with van der Waals surface area (Å²) < 4.78 is 0. The van der Waals surface area contributed by atoms with Crippen LogP contribution in [0.25, 0.3) is 0 Å². The Morgan fingerprint density at radius 1 is 1.47 bits per heavy atom. The molecular formula is C12H23N3OS. The number of carbonyl (C=O) groups excluding carboxylic acids is 1. The molecule has 2 rings (SSSR count). The minimum atomic E-state index is 0.0248. The summed E-state index contributed by atoms with van der Waals surface area (Å²) in [5, 5.41) is 6.21. The number of carbonyl (C=O) groups is 1. The predicted octanol–water partition coefficient (Wildman–Crippen LogP) is 0.640. The lowest BCUT2D eigenvalue weighted by molar-refractivity contribution is -0.122. The summed E-state index contributed by atoms with van der Waals surface area (Å²) in [4.78, 5) is 14.1. The highest BCUT2D eigenvalue weighted by molar-refractivity contribution is 7.99. The smallest absolute Gasteiger partial charge is 0.238 e. The number of thioether (sulfide) groups is 1. The molecule has 1 aliphatic carbocycles. The zero-order chi connectivity index (χ0) is 12.1. The van der Waals surface area contributed by atoms with Crippen molar-refractivity contribution in [2.75, 3.05) is 31.8 Å². The number of amides is 1. The monoisotopic (exact) mass is 257 g/mol. The average molecular weight is 257 g/mol. The quantitative estimate of drug-likeness (QED) is 0.759. The van der Waals surface area contributed by atoms with Crippen molar-refractivity contribution in [1.82, 2.24) is 15.5 Å². The molecule has 0 aromatic heterocycles. The van der Waals surface area contributed by atoms with Crippen LogP contribution in [0.1, 0.15) is 25.7 Å². The number of rotatable bonds is 5. The first-order valence-electron chi connectivity index (χ1n) is 6.56. The second-order valence-corrected chi connectivity index (χ2v) is 6.01. The highest BCUT2D eigenvalue weighted by Gasteiger charge is 2.23. The van der Waals surface area contributed by atoms with Gasteiger partial charge in [-0.15, -0.1) is 11.8 Å². The van der Waals surface area contributed by atoms with Crippen LogP contribution in [0.3, 0.4) is 0 Å². The molecule has 1 unspecified atom stereocenters. The van der Waals surface area contributed by atoms with Crippen LogP contribution in [0, 0.1) is 0 Å². The Balaban J connectivity index is 1.59. The van der Waals surface area contributed by atoms with E-state index >= 15 is 0 Å². The Morgan fingerprint density at radius 3 is 2.88 bits per heavy atom. The Morgan fingerprint density at radius 2 is 2.24 bits per heavy atom. The molecule has 98 valence electrons. The van der Waals surface area contributed by atoms with Gasteiger partial charge in [0.2, 0.25) is 5.91 Å². The SMILES string of the molecule is CN(CCNC(=O)C1CSCN1)C1CCCC1. The maximum Gasteiger partial charge on any atom is 0.238 e. The Labute approximate surface area is 108 Å². The molecule has 0 aromatic rings. The van der Waals surface area contributed by atoms with Gasteiger partial charge in [0, 0.05) is 30.8 Å². The van der Waals surface area contributed by atoms with Gasteiger partial charge in [0.25, 0.3) is 0 Å². The molecule has 1 saturated heterocycles. The zero-order valence-corrected chi connectivity index (χ0v) is 11.4. The molecule has 17 heavy (non-hydrogen) atoms. The molecule has 0 radical (unpaired) electrons. The molecule has 2 aliphatic rings. The molecule has 1 amide bonds. The van der Waals surface area contributed by atoms with Gasteiger partial charge in [-0.1, -0.05) is 12.8 Å². The molecule has 0 aromatic carbocycles. The van der Waals surface area contributed by atoms with E-state index in [9.17, 15) is 4.79 Å². The fourth-order valence-electron chi connectivity index (χ4n) is 2.57. The minimum absolute atomic E-state index is 0.0248. The van der Waals surface area contributed by atoms with Gasteiger partial charge in [-0.3, -0.25) is 10.1 Å². The van der Waals surface area contributed by atoms with E-state index in [1.54, 1.807) is 11.8 Å². The molecule has 1 aliphatic heterocycles. The van der Waals surface area contributed by atoms with E-state index in [-0.39, 0.29) is 11.9 Å². The van der Waals surface area contributed by atoms with Gasteiger partial charge in [-0.05, 0) is 19.9 Å². The van der Waals surface area contributed by atoms with Gasteiger partial charge in [0.05, 0.1) is 6.04 Å². The molecule has 2 N–H and O–H groups in total. The highest BCUT2D eigenvalue weighted by atomic mass is 32.2. The van der Waals surface area contributed by atoms with Crippen molar-refractivity contribution < 1.29 is 4.79 Å². The van der Waals surface area contributed by atoms with Gasteiger partial charge in [-0.25, -0.2) is 0 Å². The Bertz CT molecular complexity index is 250. The van der Waals surface area contributed by atoms with Crippen LogP contribution in [0.5, 0.6) is 0 Å². The summed E-state index contributed by atoms with van der Waals surface area (Å²) in [7, 11) is 2.17. The summed E-state index contributed by atoms with van der Waals surface area (Å²) in [5.74, 6) is 1.97. The van der Waals surface area contributed by atoms with Crippen molar-refractivity contribution in [3.8, 4) is 0 Å². The van der Waals surface area contributed by atoms with E-state index in [1.807, 2.05) is 0 Å². The third-order valence-electron chi connectivity index (χ3n) is 3.74. The molecule has 2 fully saturated rings. The molecule has 1 heterocycles. The Hall–Kier alpha value is -0.260. The van der Waals surface area contributed by atoms with E-state index < -0.39 is 0 Å². The molecule has 1 atom stereocenters. The van der Waals surface area contributed by atoms with Gasteiger partial charge >= 0.3 is 0 Å². The van der Waals surface area contributed by atoms with Crippen LogP contribution in [0.15, 0.2) is 0 Å². The van der Waals surface area contributed by atoms with Crippen molar-refractivity contribution >= 4 is 17.7 Å².